The highest BCUT2D eigenvalue weighted by molar-refractivity contribution is 5.76. The Hall–Kier alpha value is -1.85. The molecule has 2 aliphatic heterocycles. The molecule has 1 aromatic heterocycles. The van der Waals surface area contributed by atoms with Crippen molar-refractivity contribution in [3.8, 4) is 0 Å². The minimum atomic E-state index is 0.273. The molecule has 0 unspecified atom stereocenters. The standard InChI is InChI=1S/C17H27N5O/c1-3-6-16(23)21-9-11-22(12-10-21)17-18-14(2)13-15(19-17)20-7-4-5-8-20/h13H,3-12H2,1-2H3. The minimum Gasteiger partial charge on any atom is -0.356 e. The average molecular weight is 317 g/mol. The molecule has 3 rings (SSSR count). The molecule has 126 valence electrons. The van der Waals surface area contributed by atoms with Crippen molar-refractivity contribution in [2.24, 2.45) is 0 Å². The number of carbonyl (C=O) groups is 1. The summed E-state index contributed by atoms with van der Waals surface area (Å²) in [6.45, 7) is 9.45. The maximum atomic E-state index is 12.0. The SMILES string of the molecule is CCCC(=O)N1CCN(c2nc(C)cc(N3CCCC3)n2)CC1. The van der Waals surface area contributed by atoms with E-state index in [0.29, 0.717) is 6.42 Å². The Morgan fingerprint density at radius 3 is 2.39 bits per heavy atom. The van der Waals surface area contributed by atoms with Crippen LogP contribution >= 0.6 is 0 Å². The van der Waals surface area contributed by atoms with Crippen LogP contribution in [0.15, 0.2) is 6.07 Å². The third-order valence-corrected chi connectivity index (χ3v) is 4.64. The predicted molar refractivity (Wildman–Crippen MR) is 91.9 cm³/mol. The summed E-state index contributed by atoms with van der Waals surface area (Å²) in [5, 5.41) is 0. The van der Waals surface area contributed by atoms with Gasteiger partial charge in [-0.1, -0.05) is 6.92 Å². The molecule has 6 nitrogen and oxygen atoms in total. The number of aryl methyl sites for hydroxylation is 1. The number of hydrogen-bond acceptors (Lipinski definition) is 5. The lowest BCUT2D eigenvalue weighted by molar-refractivity contribution is -0.131. The topological polar surface area (TPSA) is 52.6 Å². The molecule has 2 aliphatic rings. The average Bonchev–Trinajstić information content (AvgIpc) is 3.09. The summed E-state index contributed by atoms with van der Waals surface area (Å²) >= 11 is 0. The fourth-order valence-corrected chi connectivity index (χ4v) is 3.31. The van der Waals surface area contributed by atoms with E-state index in [0.717, 1.165) is 63.1 Å². The summed E-state index contributed by atoms with van der Waals surface area (Å²) in [6, 6.07) is 2.08. The summed E-state index contributed by atoms with van der Waals surface area (Å²) in [5.41, 5.74) is 1.02. The Kier molecular flexibility index (Phi) is 4.98. The van der Waals surface area contributed by atoms with Crippen molar-refractivity contribution >= 4 is 17.7 Å². The van der Waals surface area contributed by atoms with E-state index >= 15 is 0 Å². The highest BCUT2D eigenvalue weighted by Crippen LogP contribution is 2.22. The van der Waals surface area contributed by atoms with E-state index in [4.69, 9.17) is 4.98 Å². The number of aromatic nitrogens is 2. The quantitative estimate of drug-likeness (QED) is 0.848. The third-order valence-electron chi connectivity index (χ3n) is 4.64. The van der Waals surface area contributed by atoms with E-state index in [-0.39, 0.29) is 5.91 Å². The number of amides is 1. The van der Waals surface area contributed by atoms with Gasteiger partial charge in [0, 0.05) is 57.4 Å². The van der Waals surface area contributed by atoms with Gasteiger partial charge in [-0.05, 0) is 26.2 Å². The van der Waals surface area contributed by atoms with Crippen LogP contribution in [0.5, 0.6) is 0 Å². The monoisotopic (exact) mass is 317 g/mol. The van der Waals surface area contributed by atoms with E-state index in [9.17, 15) is 4.79 Å². The Balaban J connectivity index is 1.67. The number of anilines is 2. The molecule has 2 saturated heterocycles. The zero-order valence-electron chi connectivity index (χ0n) is 14.3. The molecule has 1 amide bonds. The van der Waals surface area contributed by atoms with Crippen LogP contribution in [0.2, 0.25) is 0 Å². The second kappa shape index (κ2) is 7.15. The van der Waals surface area contributed by atoms with Gasteiger partial charge in [0.1, 0.15) is 5.82 Å². The highest BCUT2D eigenvalue weighted by Gasteiger charge is 2.23. The molecule has 0 N–H and O–H groups in total. The number of hydrogen-bond donors (Lipinski definition) is 0. The van der Waals surface area contributed by atoms with Gasteiger partial charge in [0.25, 0.3) is 0 Å². The molecule has 0 aliphatic carbocycles. The Labute approximate surface area is 138 Å². The lowest BCUT2D eigenvalue weighted by atomic mass is 10.2. The molecule has 23 heavy (non-hydrogen) atoms. The zero-order valence-corrected chi connectivity index (χ0v) is 14.3. The first-order valence-electron chi connectivity index (χ1n) is 8.80. The fraction of sp³-hybridized carbons (Fsp3) is 0.706. The molecule has 0 radical (unpaired) electrons. The van der Waals surface area contributed by atoms with Gasteiger partial charge in [-0.15, -0.1) is 0 Å². The Bertz CT molecular complexity index is 548. The molecule has 2 fully saturated rings. The fourth-order valence-electron chi connectivity index (χ4n) is 3.31. The number of piperazine rings is 1. The summed E-state index contributed by atoms with van der Waals surface area (Å²) < 4.78 is 0. The summed E-state index contributed by atoms with van der Waals surface area (Å²) in [7, 11) is 0. The van der Waals surface area contributed by atoms with Gasteiger partial charge in [0.15, 0.2) is 0 Å². The summed E-state index contributed by atoms with van der Waals surface area (Å²) in [6.07, 6.45) is 4.06. The van der Waals surface area contributed by atoms with Crippen LogP contribution in [-0.4, -0.2) is 60.0 Å². The maximum Gasteiger partial charge on any atom is 0.227 e. The van der Waals surface area contributed by atoms with Crippen molar-refractivity contribution in [3.63, 3.8) is 0 Å². The highest BCUT2D eigenvalue weighted by atomic mass is 16.2. The van der Waals surface area contributed by atoms with Crippen molar-refractivity contribution in [2.75, 3.05) is 49.1 Å². The first kappa shape index (κ1) is 16.0. The van der Waals surface area contributed by atoms with Crippen LogP contribution in [0.1, 0.15) is 38.3 Å². The maximum absolute atomic E-state index is 12.0. The second-order valence-corrected chi connectivity index (χ2v) is 6.48. The van der Waals surface area contributed by atoms with Crippen molar-refractivity contribution in [1.29, 1.82) is 0 Å². The molecule has 0 bridgehead atoms. The van der Waals surface area contributed by atoms with Gasteiger partial charge in [-0.2, -0.15) is 4.98 Å². The van der Waals surface area contributed by atoms with E-state index in [2.05, 4.69) is 27.8 Å². The minimum absolute atomic E-state index is 0.273. The predicted octanol–water partition coefficient (Wildman–Crippen LogP) is 1.83. The van der Waals surface area contributed by atoms with Gasteiger partial charge in [-0.3, -0.25) is 4.79 Å². The normalized spacial score (nSPS) is 18.6. The van der Waals surface area contributed by atoms with Crippen LogP contribution in [0.3, 0.4) is 0 Å². The molecule has 1 aromatic rings. The van der Waals surface area contributed by atoms with E-state index < -0.39 is 0 Å². The van der Waals surface area contributed by atoms with Gasteiger partial charge >= 0.3 is 0 Å². The van der Waals surface area contributed by atoms with Crippen LogP contribution in [-0.2, 0) is 4.79 Å². The summed E-state index contributed by atoms with van der Waals surface area (Å²) in [4.78, 5) is 27.9. The van der Waals surface area contributed by atoms with Gasteiger partial charge in [0.2, 0.25) is 11.9 Å². The molecule has 0 atom stereocenters. The van der Waals surface area contributed by atoms with Gasteiger partial charge in [0.05, 0.1) is 0 Å². The van der Waals surface area contributed by atoms with Crippen LogP contribution in [0.25, 0.3) is 0 Å². The van der Waals surface area contributed by atoms with Gasteiger partial charge < -0.3 is 14.7 Å². The van der Waals surface area contributed by atoms with E-state index in [1.165, 1.54) is 12.8 Å². The molecular weight excluding hydrogens is 290 g/mol. The van der Waals surface area contributed by atoms with Crippen molar-refractivity contribution in [3.05, 3.63) is 11.8 Å². The lowest BCUT2D eigenvalue weighted by Crippen LogP contribution is -2.49. The van der Waals surface area contributed by atoms with Crippen molar-refractivity contribution < 1.29 is 4.79 Å². The third kappa shape index (κ3) is 3.74. The molecule has 3 heterocycles. The van der Waals surface area contributed by atoms with E-state index in [1.54, 1.807) is 0 Å². The van der Waals surface area contributed by atoms with Crippen LogP contribution < -0.4 is 9.80 Å². The first-order chi connectivity index (χ1) is 11.2. The number of rotatable bonds is 4. The molecule has 0 saturated carbocycles. The summed E-state index contributed by atoms with van der Waals surface area (Å²) in [5.74, 6) is 2.14. The molecule has 6 heteroatoms. The molecular formula is C17H27N5O. The van der Waals surface area contributed by atoms with Gasteiger partial charge in [-0.25, -0.2) is 4.98 Å². The van der Waals surface area contributed by atoms with E-state index in [1.807, 2.05) is 11.8 Å². The van der Waals surface area contributed by atoms with Crippen LogP contribution in [0.4, 0.5) is 11.8 Å². The Morgan fingerprint density at radius 2 is 1.74 bits per heavy atom. The smallest absolute Gasteiger partial charge is 0.227 e. The molecule has 0 aromatic carbocycles. The number of nitrogens with zero attached hydrogens (tertiary/aromatic N) is 5. The Morgan fingerprint density at radius 1 is 1.04 bits per heavy atom. The van der Waals surface area contributed by atoms with Crippen molar-refractivity contribution in [2.45, 2.75) is 39.5 Å². The molecule has 0 spiro atoms. The largest absolute Gasteiger partial charge is 0.356 e. The first-order valence-corrected chi connectivity index (χ1v) is 8.80. The number of carbonyl (C=O) groups excluding carboxylic acids is 1. The second-order valence-electron chi connectivity index (χ2n) is 6.48. The lowest BCUT2D eigenvalue weighted by Gasteiger charge is -2.35. The van der Waals surface area contributed by atoms with Crippen molar-refractivity contribution in [1.82, 2.24) is 14.9 Å². The van der Waals surface area contributed by atoms with Crippen LogP contribution in [0, 0.1) is 6.92 Å². The zero-order chi connectivity index (χ0) is 16.2.